The first-order valence-electron chi connectivity index (χ1n) is 10.3. The SMILES string of the molecule is COc1ccc(S(=O)(=O)N2CCC(n3c(C(F)(F)F)nc4cc(S(C)(=O)=O)ccc43)CC2)cc1. The number of hydrogen-bond donors (Lipinski definition) is 0. The van der Waals surface area contributed by atoms with Crippen LogP contribution in [0.2, 0.25) is 0 Å². The van der Waals surface area contributed by atoms with Crippen molar-refractivity contribution in [2.75, 3.05) is 26.5 Å². The van der Waals surface area contributed by atoms with Crippen LogP contribution in [-0.2, 0) is 26.0 Å². The van der Waals surface area contributed by atoms with Gasteiger partial charge in [0.25, 0.3) is 0 Å². The molecule has 0 aliphatic carbocycles. The Morgan fingerprint density at radius 2 is 1.56 bits per heavy atom. The molecule has 1 fully saturated rings. The van der Waals surface area contributed by atoms with E-state index in [4.69, 9.17) is 4.74 Å². The highest BCUT2D eigenvalue weighted by Crippen LogP contribution is 2.38. The van der Waals surface area contributed by atoms with Crippen LogP contribution < -0.4 is 4.74 Å². The van der Waals surface area contributed by atoms with Crippen molar-refractivity contribution < 1.29 is 34.7 Å². The molecule has 0 unspecified atom stereocenters. The van der Waals surface area contributed by atoms with Crippen LogP contribution >= 0.6 is 0 Å². The number of aromatic nitrogens is 2. The maximum atomic E-state index is 13.8. The van der Waals surface area contributed by atoms with Crippen molar-refractivity contribution >= 4 is 30.9 Å². The Kier molecular flexibility index (Phi) is 6.15. The van der Waals surface area contributed by atoms with Gasteiger partial charge in [-0.15, -0.1) is 0 Å². The van der Waals surface area contributed by atoms with Gasteiger partial charge in [-0.3, -0.25) is 0 Å². The number of nitrogens with zero attached hydrogens (tertiary/aromatic N) is 3. The molecule has 1 aliphatic heterocycles. The maximum Gasteiger partial charge on any atom is 0.449 e. The predicted molar refractivity (Wildman–Crippen MR) is 118 cm³/mol. The minimum absolute atomic E-state index is 0.0252. The fourth-order valence-corrected chi connectivity index (χ4v) is 6.23. The first-order chi connectivity index (χ1) is 15.8. The molecular weight excluding hydrogens is 495 g/mol. The number of sulfonamides is 1. The van der Waals surface area contributed by atoms with Crippen molar-refractivity contribution in [3.8, 4) is 5.75 Å². The van der Waals surface area contributed by atoms with Crippen LogP contribution in [0, 0.1) is 0 Å². The second kappa shape index (κ2) is 8.54. The summed E-state index contributed by atoms with van der Waals surface area (Å²) in [6, 6.07) is 8.92. The molecule has 34 heavy (non-hydrogen) atoms. The molecule has 0 spiro atoms. The van der Waals surface area contributed by atoms with Crippen LogP contribution in [-0.4, -0.2) is 57.1 Å². The van der Waals surface area contributed by atoms with E-state index >= 15 is 0 Å². The molecule has 8 nitrogen and oxygen atoms in total. The number of alkyl halides is 3. The summed E-state index contributed by atoms with van der Waals surface area (Å²) in [6.45, 7) is 0.0504. The van der Waals surface area contributed by atoms with Crippen LogP contribution in [0.3, 0.4) is 0 Å². The van der Waals surface area contributed by atoms with Crippen molar-refractivity contribution in [3.05, 3.63) is 48.3 Å². The Labute approximate surface area is 194 Å². The quantitative estimate of drug-likeness (QED) is 0.514. The number of hydrogen-bond acceptors (Lipinski definition) is 6. The smallest absolute Gasteiger partial charge is 0.449 e. The molecule has 13 heteroatoms. The second-order valence-electron chi connectivity index (χ2n) is 8.04. The standard InChI is InChI=1S/C21H22F3N3O5S2/c1-32-15-3-5-16(6-4-15)34(30,31)26-11-9-14(10-12-26)27-19-8-7-17(33(2,28)29)13-18(19)25-20(27)21(22,23)24/h3-8,13-14H,9-12H2,1-2H3. The first kappa shape index (κ1) is 24.5. The normalized spacial score (nSPS) is 16.7. The summed E-state index contributed by atoms with van der Waals surface area (Å²) in [5, 5.41) is 0. The van der Waals surface area contributed by atoms with E-state index in [0.717, 1.165) is 16.9 Å². The summed E-state index contributed by atoms with van der Waals surface area (Å²) >= 11 is 0. The van der Waals surface area contributed by atoms with Gasteiger partial charge in [-0.1, -0.05) is 0 Å². The molecule has 1 aromatic heterocycles. The number of ether oxygens (including phenoxy) is 1. The zero-order valence-electron chi connectivity index (χ0n) is 18.3. The lowest BCUT2D eigenvalue weighted by Crippen LogP contribution is -2.39. The van der Waals surface area contributed by atoms with Crippen LogP contribution in [0.15, 0.2) is 52.3 Å². The molecule has 2 aromatic carbocycles. The summed E-state index contributed by atoms with van der Waals surface area (Å²) in [5.41, 5.74) is 0.0692. The van der Waals surface area contributed by atoms with Crippen LogP contribution in [0.25, 0.3) is 11.0 Å². The average molecular weight is 518 g/mol. The van der Waals surface area contributed by atoms with Crippen molar-refractivity contribution in [1.82, 2.24) is 13.9 Å². The molecule has 0 amide bonds. The summed E-state index contributed by atoms with van der Waals surface area (Å²) < 4.78 is 98.4. The fourth-order valence-electron chi connectivity index (χ4n) is 4.12. The minimum Gasteiger partial charge on any atom is -0.497 e. The van der Waals surface area contributed by atoms with E-state index in [1.165, 1.54) is 47.8 Å². The Balaban J connectivity index is 1.64. The number of sulfone groups is 1. The van der Waals surface area contributed by atoms with Crippen molar-refractivity contribution in [2.24, 2.45) is 0 Å². The minimum atomic E-state index is -4.77. The number of benzene rings is 2. The molecule has 3 aromatic rings. The lowest BCUT2D eigenvalue weighted by molar-refractivity contribution is -0.147. The lowest BCUT2D eigenvalue weighted by atomic mass is 10.1. The van der Waals surface area contributed by atoms with Crippen LogP contribution in [0.5, 0.6) is 5.75 Å². The van der Waals surface area contributed by atoms with E-state index in [2.05, 4.69) is 4.98 Å². The number of piperidine rings is 1. The Morgan fingerprint density at radius 3 is 2.09 bits per heavy atom. The van der Waals surface area contributed by atoms with Crippen molar-refractivity contribution in [2.45, 2.75) is 34.9 Å². The van der Waals surface area contributed by atoms with E-state index in [0.29, 0.717) is 5.75 Å². The second-order valence-corrected chi connectivity index (χ2v) is 12.0. The molecule has 0 bridgehead atoms. The highest BCUT2D eigenvalue weighted by Gasteiger charge is 2.41. The zero-order valence-corrected chi connectivity index (χ0v) is 19.9. The highest BCUT2D eigenvalue weighted by atomic mass is 32.2. The van der Waals surface area contributed by atoms with Gasteiger partial charge in [0.15, 0.2) is 9.84 Å². The number of rotatable bonds is 5. The van der Waals surface area contributed by atoms with Crippen LogP contribution in [0.4, 0.5) is 13.2 Å². The molecule has 0 radical (unpaired) electrons. The van der Waals surface area contributed by atoms with Crippen molar-refractivity contribution in [1.29, 1.82) is 0 Å². The average Bonchev–Trinajstić information content (AvgIpc) is 3.18. The molecule has 0 atom stereocenters. The number of halogens is 3. The monoisotopic (exact) mass is 517 g/mol. The topological polar surface area (TPSA) is 98.6 Å². The first-order valence-corrected chi connectivity index (χ1v) is 13.6. The molecule has 1 saturated heterocycles. The van der Waals surface area contributed by atoms with E-state index in [-0.39, 0.29) is 46.8 Å². The van der Waals surface area contributed by atoms with Gasteiger partial charge in [-0.05, 0) is 55.3 Å². The Bertz CT molecular complexity index is 1420. The number of fused-ring (bicyclic) bond motifs is 1. The zero-order chi connectivity index (χ0) is 24.9. The van der Waals surface area contributed by atoms with Crippen LogP contribution in [0.1, 0.15) is 24.7 Å². The number of imidazole rings is 1. The molecule has 1 aliphatic rings. The molecular formula is C21H22F3N3O5S2. The van der Waals surface area contributed by atoms with Gasteiger partial charge in [0.2, 0.25) is 15.8 Å². The summed E-state index contributed by atoms with van der Waals surface area (Å²) in [7, 11) is -5.98. The molecule has 4 rings (SSSR count). The third kappa shape index (κ3) is 4.51. The van der Waals surface area contributed by atoms with E-state index in [1.54, 1.807) is 0 Å². The summed E-state index contributed by atoms with van der Waals surface area (Å²) in [4.78, 5) is 3.64. The fraction of sp³-hybridized carbons (Fsp3) is 0.381. The summed E-state index contributed by atoms with van der Waals surface area (Å²) in [6.07, 6.45) is -3.53. The Hall–Kier alpha value is -2.64. The Morgan fingerprint density at radius 1 is 0.971 bits per heavy atom. The maximum absolute atomic E-state index is 13.8. The van der Waals surface area contributed by atoms with Gasteiger partial charge in [-0.2, -0.15) is 17.5 Å². The van der Waals surface area contributed by atoms with Gasteiger partial charge >= 0.3 is 6.18 Å². The third-order valence-corrected chi connectivity index (χ3v) is 8.85. The number of methoxy groups -OCH3 is 1. The highest BCUT2D eigenvalue weighted by molar-refractivity contribution is 7.90. The predicted octanol–water partition coefficient (Wildman–Crippen LogP) is 3.49. The van der Waals surface area contributed by atoms with E-state index in [1.807, 2.05) is 0 Å². The molecule has 0 N–H and O–H groups in total. The van der Waals surface area contributed by atoms with Gasteiger partial charge in [0.05, 0.1) is 27.9 Å². The molecule has 2 heterocycles. The van der Waals surface area contributed by atoms with Gasteiger partial charge in [-0.25, -0.2) is 21.8 Å². The van der Waals surface area contributed by atoms with E-state index < -0.39 is 37.9 Å². The van der Waals surface area contributed by atoms with E-state index in [9.17, 15) is 30.0 Å². The lowest BCUT2D eigenvalue weighted by Gasteiger charge is -2.33. The summed E-state index contributed by atoms with van der Waals surface area (Å²) in [5.74, 6) is -0.632. The molecule has 0 saturated carbocycles. The molecule has 184 valence electrons. The van der Waals surface area contributed by atoms with Gasteiger partial charge < -0.3 is 9.30 Å². The van der Waals surface area contributed by atoms with Gasteiger partial charge in [0, 0.05) is 25.4 Å². The van der Waals surface area contributed by atoms with Gasteiger partial charge in [0.1, 0.15) is 5.75 Å². The third-order valence-electron chi connectivity index (χ3n) is 5.83. The van der Waals surface area contributed by atoms with Crippen molar-refractivity contribution in [3.63, 3.8) is 0 Å². The largest absolute Gasteiger partial charge is 0.497 e.